The zero-order valence-electron chi connectivity index (χ0n) is 10.6. The summed E-state index contributed by atoms with van der Waals surface area (Å²) in [5.74, 6) is 1.25. The van der Waals surface area contributed by atoms with E-state index in [1.165, 1.54) is 16.4 Å². The van der Waals surface area contributed by atoms with Crippen molar-refractivity contribution in [3.63, 3.8) is 0 Å². The van der Waals surface area contributed by atoms with E-state index in [1.807, 2.05) is 6.92 Å². The zero-order valence-corrected chi connectivity index (χ0v) is 12.8. The van der Waals surface area contributed by atoms with Gasteiger partial charge in [0.2, 0.25) is 0 Å². The van der Waals surface area contributed by atoms with E-state index in [1.54, 1.807) is 0 Å². The number of aliphatic hydroxyl groups is 1. The molecular weight excluding hydrogens is 323 g/mol. The lowest BCUT2D eigenvalue weighted by Gasteiger charge is -2.37. The highest BCUT2D eigenvalue weighted by Gasteiger charge is 2.35. The van der Waals surface area contributed by atoms with Gasteiger partial charge in [0.25, 0.3) is 0 Å². The molecule has 1 aromatic carbocycles. The Kier molecular flexibility index (Phi) is 4.14. The molecule has 2 heteroatoms. The fourth-order valence-corrected chi connectivity index (χ4v) is 3.20. The van der Waals surface area contributed by atoms with Crippen LogP contribution in [0.2, 0.25) is 0 Å². The van der Waals surface area contributed by atoms with Crippen molar-refractivity contribution >= 4 is 22.6 Å². The maximum Gasteiger partial charge on any atom is 0.0896 e. The van der Waals surface area contributed by atoms with E-state index in [0.717, 1.165) is 24.3 Å². The Labute approximate surface area is 118 Å². The second-order valence-corrected chi connectivity index (χ2v) is 6.86. The first-order chi connectivity index (χ1) is 8.00. The van der Waals surface area contributed by atoms with E-state index in [-0.39, 0.29) is 0 Å². The molecule has 17 heavy (non-hydrogen) atoms. The first-order valence-electron chi connectivity index (χ1n) is 6.48. The second-order valence-electron chi connectivity index (χ2n) is 5.61. The molecular formula is C15H21IO. The van der Waals surface area contributed by atoms with Crippen molar-refractivity contribution in [1.82, 2.24) is 0 Å². The number of hydrogen-bond acceptors (Lipinski definition) is 1. The summed E-state index contributed by atoms with van der Waals surface area (Å²) >= 11 is 2.30. The summed E-state index contributed by atoms with van der Waals surface area (Å²) in [6.07, 6.45) is 4.82. The third kappa shape index (κ3) is 3.02. The largest absolute Gasteiger partial charge is 0.385 e. The molecule has 0 spiro atoms. The Morgan fingerprint density at radius 1 is 1.12 bits per heavy atom. The average Bonchev–Trinajstić information content (AvgIpc) is 2.30. The molecule has 1 saturated carbocycles. The molecule has 1 unspecified atom stereocenters. The first-order valence-corrected chi connectivity index (χ1v) is 7.56. The molecule has 0 amide bonds. The topological polar surface area (TPSA) is 20.2 Å². The van der Waals surface area contributed by atoms with Crippen molar-refractivity contribution in [3.8, 4) is 0 Å². The van der Waals surface area contributed by atoms with Gasteiger partial charge in [0.05, 0.1) is 5.60 Å². The van der Waals surface area contributed by atoms with E-state index in [4.69, 9.17) is 0 Å². The molecule has 1 nitrogen and oxygen atoms in total. The maximum absolute atomic E-state index is 10.8. The normalized spacial score (nSPS) is 28.7. The average molecular weight is 344 g/mol. The Morgan fingerprint density at radius 3 is 2.18 bits per heavy atom. The Balaban J connectivity index is 2.15. The molecule has 1 N–H and O–H groups in total. The molecule has 1 aliphatic carbocycles. The van der Waals surface area contributed by atoms with Gasteiger partial charge in [-0.2, -0.15) is 0 Å². The van der Waals surface area contributed by atoms with Crippen LogP contribution in [0.1, 0.15) is 45.1 Å². The molecule has 2 rings (SSSR count). The minimum atomic E-state index is -0.662. The molecule has 0 aliphatic heterocycles. The van der Waals surface area contributed by atoms with Gasteiger partial charge in [0.15, 0.2) is 0 Å². The van der Waals surface area contributed by atoms with Crippen molar-refractivity contribution in [2.75, 3.05) is 0 Å². The molecule has 0 heterocycles. The minimum absolute atomic E-state index is 0.416. The lowest BCUT2D eigenvalue weighted by atomic mass is 9.72. The Morgan fingerprint density at radius 2 is 1.65 bits per heavy atom. The quantitative estimate of drug-likeness (QED) is 0.792. The standard InChI is InChI=1S/C15H21IO/c1-11-3-5-12(6-4-11)15(2,17)13-7-9-14(16)10-8-13/h7-12,17H,3-6H2,1-2H3. The van der Waals surface area contributed by atoms with Crippen LogP contribution < -0.4 is 0 Å². The molecule has 1 aromatic rings. The number of halogens is 1. The Hall–Kier alpha value is -0.0900. The van der Waals surface area contributed by atoms with E-state index in [2.05, 4.69) is 53.8 Å². The monoisotopic (exact) mass is 344 g/mol. The van der Waals surface area contributed by atoms with Crippen molar-refractivity contribution in [2.45, 2.75) is 45.1 Å². The van der Waals surface area contributed by atoms with Gasteiger partial charge in [0, 0.05) is 3.57 Å². The van der Waals surface area contributed by atoms with Crippen molar-refractivity contribution in [3.05, 3.63) is 33.4 Å². The summed E-state index contributed by atoms with van der Waals surface area (Å²) in [7, 11) is 0. The molecule has 0 radical (unpaired) electrons. The Bertz CT molecular complexity index is 361. The lowest BCUT2D eigenvalue weighted by Crippen LogP contribution is -2.34. The molecule has 1 fully saturated rings. The summed E-state index contributed by atoms with van der Waals surface area (Å²) in [5, 5.41) is 10.8. The summed E-state index contributed by atoms with van der Waals surface area (Å²) < 4.78 is 1.22. The predicted octanol–water partition coefficient (Wildman–Crippen LogP) is 4.33. The fraction of sp³-hybridized carbons (Fsp3) is 0.600. The van der Waals surface area contributed by atoms with Crippen LogP contribution in [-0.4, -0.2) is 5.11 Å². The van der Waals surface area contributed by atoms with Gasteiger partial charge in [-0.1, -0.05) is 31.9 Å². The van der Waals surface area contributed by atoms with Crippen LogP contribution in [0.4, 0.5) is 0 Å². The van der Waals surface area contributed by atoms with Crippen LogP contribution in [0.3, 0.4) is 0 Å². The molecule has 1 atom stereocenters. The smallest absolute Gasteiger partial charge is 0.0896 e. The highest BCUT2D eigenvalue weighted by Crippen LogP contribution is 2.40. The highest BCUT2D eigenvalue weighted by molar-refractivity contribution is 14.1. The molecule has 1 aliphatic rings. The third-order valence-electron chi connectivity index (χ3n) is 4.24. The first kappa shape index (κ1) is 13.3. The third-order valence-corrected chi connectivity index (χ3v) is 4.96. The molecule has 0 saturated heterocycles. The zero-order chi connectivity index (χ0) is 12.5. The van der Waals surface area contributed by atoms with Gasteiger partial charge >= 0.3 is 0 Å². The maximum atomic E-state index is 10.8. The summed E-state index contributed by atoms with van der Waals surface area (Å²) in [4.78, 5) is 0. The van der Waals surface area contributed by atoms with Crippen LogP contribution in [0.15, 0.2) is 24.3 Å². The van der Waals surface area contributed by atoms with Gasteiger partial charge < -0.3 is 5.11 Å². The van der Waals surface area contributed by atoms with Crippen LogP contribution in [0, 0.1) is 15.4 Å². The number of benzene rings is 1. The van der Waals surface area contributed by atoms with Crippen molar-refractivity contribution in [2.24, 2.45) is 11.8 Å². The van der Waals surface area contributed by atoms with Crippen molar-refractivity contribution in [1.29, 1.82) is 0 Å². The molecule has 0 aromatic heterocycles. The van der Waals surface area contributed by atoms with Crippen LogP contribution in [-0.2, 0) is 5.60 Å². The van der Waals surface area contributed by atoms with E-state index < -0.39 is 5.60 Å². The van der Waals surface area contributed by atoms with E-state index >= 15 is 0 Å². The van der Waals surface area contributed by atoms with Crippen LogP contribution in [0.5, 0.6) is 0 Å². The summed E-state index contributed by atoms with van der Waals surface area (Å²) in [6.45, 7) is 4.30. The van der Waals surface area contributed by atoms with Crippen LogP contribution in [0.25, 0.3) is 0 Å². The van der Waals surface area contributed by atoms with Gasteiger partial charge in [-0.15, -0.1) is 0 Å². The minimum Gasteiger partial charge on any atom is -0.385 e. The summed E-state index contributed by atoms with van der Waals surface area (Å²) in [5.41, 5.74) is 0.405. The van der Waals surface area contributed by atoms with Crippen molar-refractivity contribution < 1.29 is 5.11 Å². The number of rotatable bonds is 2. The second kappa shape index (κ2) is 5.27. The van der Waals surface area contributed by atoms with Gasteiger partial charge in [-0.3, -0.25) is 0 Å². The highest BCUT2D eigenvalue weighted by atomic mass is 127. The van der Waals surface area contributed by atoms with E-state index in [9.17, 15) is 5.11 Å². The van der Waals surface area contributed by atoms with E-state index in [0.29, 0.717) is 5.92 Å². The molecule has 0 bridgehead atoms. The van der Waals surface area contributed by atoms with Gasteiger partial charge in [-0.05, 0) is 71.9 Å². The van der Waals surface area contributed by atoms with Gasteiger partial charge in [-0.25, -0.2) is 0 Å². The van der Waals surface area contributed by atoms with Crippen LogP contribution >= 0.6 is 22.6 Å². The lowest BCUT2D eigenvalue weighted by molar-refractivity contribution is -0.0264. The predicted molar refractivity (Wildman–Crippen MR) is 79.9 cm³/mol. The fourth-order valence-electron chi connectivity index (χ4n) is 2.85. The SMILES string of the molecule is CC1CCC(C(C)(O)c2ccc(I)cc2)CC1. The summed E-state index contributed by atoms with van der Waals surface area (Å²) in [6, 6.07) is 8.30. The van der Waals surface area contributed by atoms with Gasteiger partial charge in [0.1, 0.15) is 0 Å². The molecule has 94 valence electrons. The number of hydrogen-bond donors (Lipinski definition) is 1.